The molecule has 7 nitrogen and oxygen atoms in total. The summed E-state index contributed by atoms with van der Waals surface area (Å²) in [5.74, 6) is 0.0248. The summed E-state index contributed by atoms with van der Waals surface area (Å²) in [6.07, 6.45) is 2.44. The van der Waals surface area contributed by atoms with E-state index in [0.717, 1.165) is 33.3 Å². The van der Waals surface area contributed by atoms with Crippen LogP contribution >= 0.6 is 11.8 Å². The smallest absolute Gasteiger partial charge is 0.270 e. The van der Waals surface area contributed by atoms with E-state index in [2.05, 4.69) is 20.6 Å². The first-order valence-corrected chi connectivity index (χ1v) is 10.9. The highest BCUT2D eigenvalue weighted by Gasteiger charge is 2.23. The fraction of sp³-hybridized carbons (Fsp3) is 0.381. The normalized spacial score (nSPS) is 13.4. The van der Waals surface area contributed by atoms with Gasteiger partial charge in [0.15, 0.2) is 0 Å². The maximum absolute atomic E-state index is 12.9. The molecular formula is C21H26N4O3S. The Hall–Kier alpha value is -2.58. The lowest BCUT2D eigenvalue weighted by Crippen LogP contribution is -2.50. The van der Waals surface area contributed by atoms with Crippen molar-refractivity contribution in [2.75, 3.05) is 18.6 Å². The summed E-state index contributed by atoms with van der Waals surface area (Å²) in [7, 11) is 0. The Kier molecular flexibility index (Phi) is 6.76. The van der Waals surface area contributed by atoms with Crippen LogP contribution in [0.15, 0.2) is 30.3 Å². The van der Waals surface area contributed by atoms with E-state index in [4.69, 9.17) is 0 Å². The molecule has 2 unspecified atom stereocenters. The Balaban J connectivity index is 1.88. The Morgan fingerprint density at radius 3 is 2.72 bits per heavy atom. The fourth-order valence-electron chi connectivity index (χ4n) is 3.25. The number of carbonyl (C=O) groups is 2. The number of carbonyl (C=O) groups excluding carboxylic acids is 2. The number of aromatic amines is 1. The van der Waals surface area contributed by atoms with Gasteiger partial charge < -0.3 is 20.7 Å². The standard InChI is InChI=1S/C21H26N4O3S/c1-12(11-26)22-20(27)17(8-9-29-3)25-21(28)18-10-15-14-6-4-5-7-16(14)24-19(15)13(2)23-18/h4-7,10,12,17,24,26H,8-9,11H2,1-3H3,(H,22,27)(H,25,28). The van der Waals surface area contributed by atoms with Crippen LogP contribution < -0.4 is 10.6 Å². The monoisotopic (exact) mass is 414 g/mol. The molecule has 0 spiro atoms. The summed E-state index contributed by atoms with van der Waals surface area (Å²) in [5.41, 5.74) is 2.89. The fourth-order valence-corrected chi connectivity index (χ4v) is 3.72. The van der Waals surface area contributed by atoms with Crippen LogP contribution in [0.4, 0.5) is 0 Å². The van der Waals surface area contributed by atoms with Gasteiger partial charge in [-0.25, -0.2) is 4.98 Å². The van der Waals surface area contributed by atoms with Crippen LogP contribution in [0.25, 0.3) is 21.8 Å². The number of aryl methyl sites for hydroxylation is 1. The second kappa shape index (κ2) is 9.28. The van der Waals surface area contributed by atoms with Crippen molar-refractivity contribution in [2.45, 2.75) is 32.4 Å². The Morgan fingerprint density at radius 2 is 2.00 bits per heavy atom. The molecule has 0 aliphatic carbocycles. The van der Waals surface area contributed by atoms with Crippen molar-refractivity contribution < 1.29 is 14.7 Å². The number of aliphatic hydroxyl groups excluding tert-OH is 1. The van der Waals surface area contributed by atoms with Gasteiger partial charge in [0, 0.05) is 22.3 Å². The van der Waals surface area contributed by atoms with Crippen LogP contribution in [-0.2, 0) is 4.79 Å². The predicted octanol–water partition coefficient (Wildman–Crippen LogP) is 2.37. The number of nitrogens with one attached hydrogen (secondary N) is 3. The number of thioether (sulfide) groups is 1. The SMILES string of the molecule is CSCCC(NC(=O)c1cc2c([nH]c3ccccc32)c(C)n1)C(=O)NC(C)CO. The molecule has 29 heavy (non-hydrogen) atoms. The van der Waals surface area contributed by atoms with Gasteiger partial charge in [-0.05, 0) is 44.4 Å². The van der Waals surface area contributed by atoms with Crippen LogP contribution in [0.1, 0.15) is 29.5 Å². The largest absolute Gasteiger partial charge is 0.394 e. The molecule has 0 saturated heterocycles. The molecule has 2 aromatic heterocycles. The van der Waals surface area contributed by atoms with Crippen molar-refractivity contribution in [2.24, 2.45) is 0 Å². The number of rotatable bonds is 8. The van der Waals surface area contributed by atoms with E-state index < -0.39 is 11.9 Å². The minimum Gasteiger partial charge on any atom is -0.394 e. The van der Waals surface area contributed by atoms with Gasteiger partial charge in [-0.2, -0.15) is 11.8 Å². The third-order valence-electron chi connectivity index (χ3n) is 4.80. The van der Waals surface area contributed by atoms with E-state index in [1.165, 1.54) is 0 Å². The molecule has 1 aromatic carbocycles. The lowest BCUT2D eigenvalue weighted by atomic mass is 10.1. The van der Waals surface area contributed by atoms with Crippen LogP contribution in [0.3, 0.4) is 0 Å². The zero-order valence-corrected chi connectivity index (χ0v) is 17.6. The van der Waals surface area contributed by atoms with E-state index in [1.807, 2.05) is 37.4 Å². The first-order chi connectivity index (χ1) is 13.9. The van der Waals surface area contributed by atoms with Gasteiger partial charge in [0.2, 0.25) is 5.91 Å². The van der Waals surface area contributed by atoms with Crippen molar-refractivity contribution >= 4 is 45.4 Å². The number of para-hydroxylation sites is 1. The average Bonchev–Trinajstić information content (AvgIpc) is 3.10. The summed E-state index contributed by atoms with van der Waals surface area (Å²) in [5, 5.41) is 16.7. The Bertz CT molecular complexity index is 1030. The third kappa shape index (κ3) is 4.71. The molecule has 0 radical (unpaired) electrons. The summed E-state index contributed by atoms with van der Waals surface area (Å²) < 4.78 is 0. The quantitative estimate of drug-likeness (QED) is 0.453. The molecule has 3 aromatic rings. The van der Waals surface area contributed by atoms with E-state index in [9.17, 15) is 14.7 Å². The zero-order valence-electron chi connectivity index (χ0n) is 16.8. The van der Waals surface area contributed by atoms with Crippen LogP contribution in [0.2, 0.25) is 0 Å². The first-order valence-electron chi connectivity index (χ1n) is 9.53. The summed E-state index contributed by atoms with van der Waals surface area (Å²) in [6, 6.07) is 8.59. The Labute approximate surface area is 173 Å². The van der Waals surface area contributed by atoms with E-state index in [1.54, 1.807) is 24.8 Å². The topological polar surface area (TPSA) is 107 Å². The molecule has 0 fully saturated rings. The molecular weight excluding hydrogens is 388 g/mol. The van der Waals surface area contributed by atoms with Gasteiger partial charge in [-0.3, -0.25) is 9.59 Å². The zero-order chi connectivity index (χ0) is 21.0. The third-order valence-corrected chi connectivity index (χ3v) is 5.45. The molecule has 2 atom stereocenters. The van der Waals surface area contributed by atoms with Crippen LogP contribution in [-0.4, -0.2) is 57.6 Å². The minimum atomic E-state index is -0.690. The van der Waals surface area contributed by atoms with Crippen molar-refractivity contribution in [1.29, 1.82) is 0 Å². The number of hydrogen-bond donors (Lipinski definition) is 4. The maximum Gasteiger partial charge on any atom is 0.270 e. The molecule has 0 aliphatic rings. The average molecular weight is 415 g/mol. The van der Waals surface area contributed by atoms with Crippen LogP contribution in [0, 0.1) is 6.92 Å². The number of benzene rings is 1. The molecule has 4 N–H and O–H groups in total. The number of aromatic nitrogens is 2. The second-order valence-electron chi connectivity index (χ2n) is 7.09. The molecule has 3 rings (SSSR count). The van der Waals surface area contributed by atoms with Gasteiger partial charge in [-0.1, -0.05) is 18.2 Å². The van der Waals surface area contributed by atoms with Crippen molar-refractivity contribution in [1.82, 2.24) is 20.6 Å². The highest BCUT2D eigenvalue weighted by atomic mass is 32.2. The second-order valence-corrected chi connectivity index (χ2v) is 8.07. The van der Waals surface area contributed by atoms with Crippen molar-refractivity contribution in [3.63, 3.8) is 0 Å². The van der Waals surface area contributed by atoms with Gasteiger partial charge in [0.05, 0.1) is 17.8 Å². The van der Waals surface area contributed by atoms with Gasteiger partial charge in [0.25, 0.3) is 5.91 Å². The highest BCUT2D eigenvalue weighted by molar-refractivity contribution is 7.98. The molecule has 2 amide bonds. The van der Waals surface area contributed by atoms with Gasteiger partial charge in [-0.15, -0.1) is 0 Å². The molecule has 8 heteroatoms. The van der Waals surface area contributed by atoms with E-state index in [-0.39, 0.29) is 24.2 Å². The van der Waals surface area contributed by atoms with Crippen molar-refractivity contribution in [3.05, 3.63) is 41.7 Å². The maximum atomic E-state index is 12.9. The number of amides is 2. The van der Waals surface area contributed by atoms with E-state index >= 15 is 0 Å². The number of hydrogen-bond acceptors (Lipinski definition) is 5. The molecule has 2 heterocycles. The highest BCUT2D eigenvalue weighted by Crippen LogP contribution is 2.27. The van der Waals surface area contributed by atoms with Gasteiger partial charge in [0.1, 0.15) is 11.7 Å². The Morgan fingerprint density at radius 1 is 1.24 bits per heavy atom. The lowest BCUT2D eigenvalue weighted by molar-refractivity contribution is -0.123. The number of pyridine rings is 1. The van der Waals surface area contributed by atoms with Crippen LogP contribution in [0.5, 0.6) is 0 Å². The minimum absolute atomic E-state index is 0.160. The molecule has 0 aliphatic heterocycles. The predicted molar refractivity (Wildman–Crippen MR) is 117 cm³/mol. The summed E-state index contributed by atoms with van der Waals surface area (Å²) >= 11 is 1.60. The lowest BCUT2D eigenvalue weighted by Gasteiger charge is -2.20. The molecule has 0 saturated carbocycles. The van der Waals surface area contributed by atoms with Gasteiger partial charge >= 0.3 is 0 Å². The number of nitrogens with zero attached hydrogens (tertiary/aromatic N) is 1. The molecule has 0 bridgehead atoms. The first kappa shape index (κ1) is 21.1. The van der Waals surface area contributed by atoms with Crippen molar-refractivity contribution in [3.8, 4) is 0 Å². The van der Waals surface area contributed by atoms with E-state index in [0.29, 0.717) is 6.42 Å². The number of H-pyrrole nitrogens is 1. The summed E-state index contributed by atoms with van der Waals surface area (Å²) in [4.78, 5) is 33.2. The summed E-state index contributed by atoms with van der Waals surface area (Å²) in [6.45, 7) is 3.41. The molecule has 154 valence electrons. The number of fused-ring (bicyclic) bond motifs is 3. The number of aliphatic hydroxyl groups is 1.